The Morgan fingerprint density at radius 1 is 1.44 bits per heavy atom. The van der Waals surface area contributed by atoms with Crippen LogP contribution in [0.4, 0.5) is 0 Å². The Balaban J connectivity index is 2.25. The average molecular weight is 228 g/mol. The van der Waals surface area contributed by atoms with Crippen LogP contribution < -0.4 is 5.32 Å². The van der Waals surface area contributed by atoms with Crippen LogP contribution in [0.25, 0.3) is 0 Å². The monoisotopic (exact) mass is 228 g/mol. The summed E-state index contributed by atoms with van der Waals surface area (Å²) in [5.74, 6) is 0.198. The molecule has 1 rings (SSSR count). The van der Waals surface area contributed by atoms with Crippen molar-refractivity contribution in [2.75, 3.05) is 26.2 Å². The number of carbonyl (C=O) groups is 1. The number of ether oxygens (including phenoxy) is 1. The van der Waals surface area contributed by atoms with E-state index in [4.69, 9.17) is 4.74 Å². The SMILES string of the molecule is CCN(CC)C(=O)CNC1CCOC(C)C1. The van der Waals surface area contributed by atoms with Gasteiger partial charge in [-0.15, -0.1) is 0 Å². The third kappa shape index (κ3) is 4.10. The predicted octanol–water partition coefficient (Wildman–Crippen LogP) is 1.01. The van der Waals surface area contributed by atoms with Crippen LogP contribution in [0.3, 0.4) is 0 Å². The minimum atomic E-state index is 0.198. The molecule has 0 bridgehead atoms. The maximum Gasteiger partial charge on any atom is 0.236 e. The number of hydrogen-bond donors (Lipinski definition) is 1. The standard InChI is InChI=1S/C12H24N2O2/c1-4-14(5-2)12(15)9-13-11-6-7-16-10(3)8-11/h10-11,13H,4-9H2,1-3H3. The van der Waals surface area contributed by atoms with Crippen LogP contribution in [-0.4, -0.2) is 49.2 Å². The van der Waals surface area contributed by atoms with Gasteiger partial charge in [-0.3, -0.25) is 4.79 Å². The summed E-state index contributed by atoms with van der Waals surface area (Å²) in [5, 5.41) is 3.33. The number of likely N-dealkylation sites (N-methyl/N-ethyl adjacent to an activating group) is 1. The molecule has 94 valence electrons. The lowest BCUT2D eigenvalue weighted by atomic mass is 10.0. The van der Waals surface area contributed by atoms with Crippen LogP contribution in [0.5, 0.6) is 0 Å². The average Bonchev–Trinajstić information content (AvgIpc) is 2.28. The van der Waals surface area contributed by atoms with Gasteiger partial charge in [-0.2, -0.15) is 0 Å². The van der Waals surface area contributed by atoms with Crippen LogP contribution in [0.2, 0.25) is 0 Å². The van der Waals surface area contributed by atoms with Crippen LogP contribution in [-0.2, 0) is 9.53 Å². The van der Waals surface area contributed by atoms with E-state index in [1.54, 1.807) is 0 Å². The lowest BCUT2D eigenvalue weighted by Crippen LogP contribution is -2.44. The number of nitrogens with one attached hydrogen (secondary N) is 1. The van der Waals surface area contributed by atoms with Crippen molar-refractivity contribution in [2.45, 2.75) is 45.8 Å². The highest BCUT2D eigenvalue weighted by Crippen LogP contribution is 2.12. The number of amides is 1. The van der Waals surface area contributed by atoms with Gasteiger partial charge in [0, 0.05) is 25.7 Å². The molecule has 0 aromatic carbocycles. The van der Waals surface area contributed by atoms with Crippen LogP contribution in [0.1, 0.15) is 33.6 Å². The third-order valence-electron chi connectivity index (χ3n) is 3.14. The van der Waals surface area contributed by atoms with Gasteiger partial charge < -0.3 is 15.0 Å². The molecule has 0 radical (unpaired) electrons. The van der Waals surface area contributed by atoms with Crippen LogP contribution >= 0.6 is 0 Å². The van der Waals surface area contributed by atoms with Crippen molar-refractivity contribution in [3.8, 4) is 0 Å². The van der Waals surface area contributed by atoms with Crippen molar-refractivity contribution in [3.63, 3.8) is 0 Å². The first-order valence-corrected chi connectivity index (χ1v) is 6.30. The summed E-state index contributed by atoms with van der Waals surface area (Å²) in [6.45, 7) is 8.95. The molecular formula is C12H24N2O2. The van der Waals surface area contributed by atoms with Gasteiger partial charge in [0.05, 0.1) is 12.6 Å². The molecule has 0 aromatic rings. The normalized spacial score (nSPS) is 25.4. The maximum atomic E-state index is 11.8. The fourth-order valence-corrected chi connectivity index (χ4v) is 2.10. The minimum Gasteiger partial charge on any atom is -0.378 e. The zero-order valence-corrected chi connectivity index (χ0v) is 10.7. The van der Waals surface area contributed by atoms with E-state index < -0.39 is 0 Å². The second-order valence-electron chi connectivity index (χ2n) is 4.35. The maximum absolute atomic E-state index is 11.8. The smallest absolute Gasteiger partial charge is 0.236 e. The quantitative estimate of drug-likeness (QED) is 0.763. The first-order valence-electron chi connectivity index (χ1n) is 6.30. The summed E-state index contributed by atoms with van der Waals surface area (Å²) in [4.78, 5) is 13.6. The molecule has 0 saturated carbocycles. The Morgan fingerprint density at radius 2 is 2.12 bits per heavy atom. The molecule has 1 aliphatic rings. The lowest BCUT2D eigenvalue weighted by Gasteiger charge is -2.28. The number of rotatable bonds is 5. The molecule has 4 heteroatoms. The van der Waals surface area contributed by atoms with Crippen molar-refractivity contribution >= 4 is 5.91 Å². The number of carbonyl (C=O) groups excluding carboxylic acids is 1. The van der Waals surface area contributed by atoms with E-state index in [1.165, 1.54) is 0 Å². The van der Waals surface area contributed by atoms with E-state index in [-0.39, 0.29) is 5.91 Å². The van der Waals surface area contributed by atoms with E-state index in [0.29, 0.717) is 18.7 Å². The molecule has 1 saturated heterocycles. The van der Waals surface area contributed by atoms with Crippen molar-refractivity contribution < 1.29 is 9.53 Å². The molecule has 2 atom stereocenters. The van der Waals surface area contributed by atoms with Crippen molar-refractivity contribution in [1.29, 1.82) is 0 Å². The highest BCUT2D eigenvalue weighted by Gasteiger charge is 2.20. The molecule has 1 fully saturated rings. The van der Waals surface area contributed by atoms with E-state index >= 15 is 0 Å². The van der Waals surface area contributed by atoms with Crippen molar-refractivity contribution in [1.82, 2.24) is 10.2 Å². The van der Waals surface area contributed by atoms with Crippen molar-refractivity contribution in [3.05, 3.63) is 0 Å². The molecule has 16 heavy (non-hydrogen) atoms. The minimum absolute atomic E-state index is 0.198. The summed E-state index contributed by atoms with van der Waals surface area (Å²) in [6, 6.07) is 0.434. The second-order valence-corrected chi connectivity index (χ2v) is 4.35. The Morgan fingerprint density at radius 3 is 2.69 bits per heavy atom. The Bertz CT molecular complexity index is 217. The molecule has 1 heterocycles. The van der Waals surface area contributed by atoms with E-state index in [0.717, 1.165) is 32.5 Å². The molecule has 0 aliphatic carbocycles. The first-order chi connectivity index (χ1) is 7.67. The molecule has 0 spiro atoms. The van der Waals surface area contributed by atoms with E-state index in [1.807, 2.05) is 18.7 Å². The molecule has 1 amide bonds. The summed E-state index contributed by atoms with van der Waals surface area (Å²) in [6.07, 6.45) is 2.33. The highest BCUT2D eigenvalue weighted by atomic mass is 16.5. The van der Waals surface area contributed by atoms with Gasteiger partial charge in [0.25, 0.3) is 0 Å². The van der Waals surface area contributed by atoms with Gasteiger partial charge in [-0.1, -0.05) is 0 Å². The third-order valence-corrected chi connectivity index (χ3v) is 3.14. The van der Waals surface area contributed by atoms with Gasteiger partial charge in [0.15, 0.2) is 0 Å². The zero-order valence-electron chi connectivity index (χ0n) is 10.7. The largest absolute Gasteiger partial charge is 0.378 e. The predicted molar refractivity (Wildman–Crippen MR) is 64.4 cm³/mol. The lowest BCUT2D eigenvalue weighted by molar-refractivity contribution is -0.130. The first kappa shape index (κ1) is 13.5. The fraction of sp³-hybridized carbons (Fsp3) is 0.917. The van der Waals surface area contributed by atoms with Crippen LogP contribution in [0, 0.1) is 0 Å². The number of hydrogen-bond acceptors (Lipinski definition) is 3. The Kier molecular flexibility index (Phi) is 5.77. The van der Waals surface area contributed by atoms with Gasteiger partial charge in [-0.05, 0) is 33.6 Å². The molecule has 0 aromatic heterocycles. The molecule has 2 unspecified atom stereocenters. The van der Waals surface area contributed by atoms with Gasteiger partial charge in [0.1, 0.15) is 0 Å². The summed E-state index contributed by atoms with van der Waals surface area (Å²) >= 11 is 0. The summed E-state index contributed by atoms with van der Waals surface area (Å²) in [7, 11) is 0. The molecule has 4 nitrogen and oxygen atoms in total. The van der Waals surface area contributed by atoms with Crippen molar-refractivity contribution in [2.24, 2.45) is 0 Å². The van der Waals surface area contributed by atoms with Crippen LogP contribution in [0.15, 0.2) is 0 Å². The van der Waals surface area contributed by atoms with Gasteiger partial charge in [0.2, 0.25) is 5.91 Å². The van der Waals surface area contributed by atoms with E-state index in [2.05, 4.69) is 12.2 Å². The fourth-order valence-electron chi connectivity index (χ4n) is 2.10. The van der Waals surface area contributed by atoms with E-state index in [9.17, 15) is 4.79 Å². The highest BCUT2D eigenvalue weighted by molar-refractivity contribution is 5.78. The molecular weight excluding hydrogens is 204 g/mol. The second kappa shape index (κ2) is 6.86. The molecule has 1 aliphatic heterocycles. The topological polar surface area (TPSA) is 41.6 Å². The number of nitrogens with zero attached hydrogens (tertiary/aromatic N) is 1. The summed E-state index contributed by atoms with van der Waals surface area (Å²) < 4.78 is 5.47. The van der Waals surface area contributed by atoms with Gasteiger partial charge in [-0.25, -0.2) is 0 Å². The van der Waals surface area contributed by atoms with Gasteiger partial charge >= 0.3 is 0 Å². The Labute approximate surface area is 98.3 Å². The molecule has 1 N–H and O–H groups in total. The summed E-state index contributed by atoms with van der Waals surface area (Å²) in [5.41, 5.74) is 0. The zero-order chi connectivity index (χ0) is 12.0. The Hall–Kier alpha value is -0.610.